The standard InChI is InChI=1S/C10H19NO3/c1-10(2,3)6-8(12)7-11-5-4-9(13)14/h4-5,8,11-12H,6-7H2,1-3H3,(H,13,14)/b5-4+. The minimum absolute atomic E-state index is 0.0810. The van der Waals surface area contributed by atoms with Crippen LogP contribution in [0, 0.1) is 5.41 Å². The molecule has 0 saturated carbocycles. The molecule has 0 heterocycles. The van der Waals surface area contributed by atoms with Crippen LogP contribution in [0.4, 0.5) is 0 Å². The number of hydrogen-bond acceptors (Lipinski definition) is 3. The molecule has 0 spiro atoms. The van der Waals surface area contributed by atoms with E-state index in [1.165, 1.54) is 6.20 Å². The predicted octanol–water partition coefficient (Wildman–Crippen LogP) is 0.971. The van der Waals surface area contributed by atoms with Crippen LogP contribution in [-0.4, -0.2) is 28.8 Å². The van der Waals surface area contributed by atoms with Gasteiger partial charge < -0.3 is 15.5 Å². The summed E-state index contributed by atoms with van der Waals surface area (Å²) in [5.74, 6) is -0.997. The highest BCUT2D eigenvalue weighted by atomic mass is 16.4. The highest BCUT2D eigenvalue weighted by Crippen LogP contribution is 2.20. The lowest BCUT2D eigenvalue weighted by Crippen LogP contribution is -2.27. The Hall–Kier alpha value is -1.03. The molecule has 1 atom stereocenters. The number of hydrogen-bond donors (Lipinski definition) is 3. The Morgan fingerprint density at radius 3 is 2.50 bits per heavy atom. The van der Waals surface area contributed by atoms with E-state index in [-0.39, 0.29) is 5.41 Å². The van der Waals surface area contributed by atoms with Gasteiger partial charge in [0.15, 0.2) is 0 Å². The lowest BCUT2D eigenvalue weighted by Gasteiger charge is -2.22. The Balaban J connectivity index is 3.65. The maximum absolute atomic E-state index is 10.1. The van der Waals surface area contributed by atoms with Crippen LogP contribution in [0.1, 0.15) is 27.2 Å². The van der Waals surface area contributed by atoms with Crippen molar-refractivity contribution in [1.29, 1.82) is 0 Å². The van der Waals surface area contributed by atoms with Gasteiger partial charge in [-0.05, 0) is 11.8 Å². The fourth-order valence-corrected chi connectivity index (χ4v) is 1.11. The minimum Gasteiger partial charge on any atom is -0.478 e. The molecule has 0 radical (unpaired) electrons. The van der Waals surface area contributed by atoms with Crippen molar-refractivity contribution >= 4 is 5.97 Å². The Kier molecular flexibility index (Phi) is 5.23. The molecular formula is C10H19NO3. The molecular weight excluding hydrogens is 182 g/mol. The maximum Gasteiger partial charge on any atom is 0.329 e. The van der Waals surface area contributed by atoms with Crippen LogP contribution in [0.25, 0.3) is 0 Å². The number of carbonyl (C=O) groups is 1. The molecule has 82 valence electrons. The molecule has 1 unspecified atom stereocenters. The van der Waals surface area contributed by atoms with Gasteiger partial charge in [-0.25, -0.2) is 4.79 Å². The van der Waals surface area contributed by atoms with E-state index in [9.17, 15) is 9.90 Å². The molecule has 0 fully saturated rings. The number of carboxylic acid groups (broad SMARTS) is 1. The minimum atomic E-state index is -0.997. The van der Waals surface area contributed by atoms with Gasteiger partial charge in [0.25, 0.3) is 0 Å². The highest BCUT2D eigenvalue weighted by molar-refractivity contribution is 5.79. The number of rotatable bonds is 5. The average Bonchev–Trinajstić information content (AvgIpc) is 1.94. The van der Waals surface area contributed by atoms with Crippen molar-refractivity contribution in [2.24, 2.45) is 5.41 Å². The van der Waals surface area contributed by atoms with Crippen molar-refractivity contribution in [3.63, 3.8) is 0 Å². The second-order valence-corrected chi connectivity index (χ2v) is 4.50. The molecule has 0 aromatic carbocycles. The van der Waals surface area contributed by atoms with Gasteiger partial charge in [-0.2, -0.15) is 0 Å². The first-order valence-electron chi connectivity index (χ1n) is 4.62. The normalized spacial score (nSPS) is 14.3. The molecule has 4 nitrogen and oxygen atoms in total. The van der Waals surface area contributed by atoms with Gasteiger partial charge in [-0.1, -0.05) is 20.8 Å². The fraction of sp³-hybridized carbons (Fsp3) is 0.700. The summed E-state index contributed by atoms with van der Waals surface area (Å²) >= 11 is 0. The van der Waals surface area contributed by atoms with Crippen LogP contribution in [-0.2, 0) is 4.79 Å². The number of nitrogens with one attached hydrogen (secondary N) is 1. The number of aliphatic hydroxyl groups is 1. The first kappa shape index (κ1) is 13.0. The number of carboxylic acids is 1. The Labute approximate surface area is 84.6 Å². The first-order valence-corrected chi connectivity index (χ1v) is 4.62. The summed E-state index contributed by atoms with van der Waals surface area (Å²) in [5.41, 5.74) is 0.0810. The van der Waals surface area contributed by atoms with Gasteiger partial charge in [-0.3, -0.25) is 0 Å². The number of aliphatic hydroxyl groups excluding tert-OH is 1. The van der Waals surface area contributed by atoms with E-state index in [1.54, 1.807) is 0 Å². The molecule has 0 aliphatic carbocycles. The lowest BCUT2D eigenvalue weighted by molar-refractivity contribution is -0.131. The summed E-state index contributed by atoms with van der Waals surface area (Å²) in [4.78, 5) is 10.1. The van der Waals surface area contributed by atoms with Crippen LogP contribution in [0.15, 0.2) is 12.3 Å². The average molecular weight is 201 g/mol. The molecule has 0 amide bonds. The van der Waals surface area contributed by atoms with Gasteiger partial charge in [-0.15, -0.1) is 0 Å². The van der Waals surface area contributed by atoms with Crippen molar-refractivity contribution in [1.82, 2.24) is 5.32 Å². The third-order valence-corrected chi connectivity index (χ3v) is 1.55. The first-order chi connectivity index (χ1) is 6.31. The van der Waals surface area contributed by atoms with Crippen LogP contribution in [0.3, 0.4) is 0 Å². The van der Waals surface area contributed by atoms with Crippen molar-refractivity contribution in [3.05, 3.63) is 12.3 Å². The summed E-state index contributed by atoms with van der Waals surface area (Å²) in [5, 5.41) is 20.5. The van der Waals surface area contributed by atoms with E-state index in [2.05, 4.69) is 5.32 Å². The Morgan fingerprint density at radius 2 is 2.07 bits per heavy atom. The molecule has 14 heavy (non-hydrogen) atoms. The van der Waals surface area contributed by atoms with E-state index in [0.29, 0.717) is 13.0 Å². The molecule has 4 heteroatoms. The van der Waals surface area contributed by atoms with E-state index in [1.807, 2.05) is 20.8 Å². The summed E-state index contributed by atoms with van der Waals surface area (Å²) in [7, 11) is 0. The zero-order valence-electron chi connectivity index (χ0n) is 8.95. The second-order valence-electron chi connectivity index (χ2n) is 4.50. The van der Waals surface area contributed by atoms with E-state index in [4.69, 9.17) is 5.11 Å². The summed E-state index contributed by atoms with van der Waals surface area (Å²) in [6, 6.07) is 0. The quantitative estimate of drug-likeness (QED) is 0.580. The molecule has 0 aromatic heterocycles. The summed E-state index contributed by atoms with van der Waals surface area (Å²) in [6.07, 6.45) is 2.56. The zero-order chi connectivity index (χ0) is 11.2. The lowest BCUT2D eigenvalue weighted by atomic mass is 9.89. The van der Waals surface area contributed by atoms with Crippen molar-refractivity contribution in [2.75, 3.05) is 6.54 Å². The largest absolute Gasteiger partial charge is 0.478 e. The SMILES string of the molecule is CC(C)(C)CC(O)CN/C=C/C(=O)O. The Morgan fingerprint density at radius 1 is 1.50 bits per heavy atom. The van der Waals surface area contributed by atoms with Gasteiger partial charge >= 0.3 is 5.97 Å². The molecule has 3 N–H and O–H groups in total. The van der Waals surface area contributed by atoms with Crippen LogP contribution >= 0.6 is 0 Å². The third kappa shape index (κ3) is 9.06. The van der Waals surface area contributed by atoms with Crippen LogP contribution in [0.5, 0.6) is 0 Å². The number of aliphatic carboxylic acids is 1. The fourth-order valence-electron chi connectivity index (χ4n) is 1.11. The van der Waals surface area contributed by atoms with E-state index >= 15 is 0 Å². The van der Waals surface area contributed by atoms with Gasteiger partial charge in [0, 0.05) is 18.8 Å². The molecule has 0 bridgehead atoms. The highest BCUT2D eigenvalue weighted by Gasteiger charge is 2.15. The molecule has 0 aliphatic rings. The maximum atomic E-state index is 10.1. The van der Waals surface area contributed by atoms with Crippen molar-refractivity contribution in [2.45, 2.75) is 33.3 Å². The van der Waals surface area contributed by atoms with Crippen LogP contribution in [0.2, 0.25) is 0 Å². The molecule has 0 rings (SSSR count). The van der Waals surface area contributed by atoms with E-state index in [0.717, 1.165) is 6.08 Å². The second kappa shape index (κ2) is 5.65. The van der Waals surface area contributed by atoms with Gasteiger partial charge in [0.1, 0.15) is 0 Å². The zero-order valence-corrected chi connectivity index (χ0v) is 8.95. The van der Waals surface area contributed by atoms with Gasteiger partial charge in [0.2, 0.25) is 0 Å². The monoisotopic (exact) mass is 201 g/mol. The summed E-state index contributed by atoms with van der Waals surface area (Å²) < 4.78 is 0. The van der Waals surface area contributed by atoms with E-state index < -0.39 is 12.1 Å². The predicted molar refractivity (Wildman–Crippen MR) is 54.9 cm³/mol. The smallest absolute Gasteiger partial charge is 0.329 e. The van der Waals surface area contributed by atoms with Gasteiger partial charge in [0.05, 0.1) is 6.10 Å². The summed E-state index contributed by atoms with van der Waals surface area (Å²) in [6.45, 7) is 6.51. The molecule has 0 aliphatic heterocycles. The van der Waals surface area contributed by atoms with Crippen LogP contribution < -0.4 is 5.32 Å². The molecule has 0 saturated heterocycles. The van der Waals surface area contributed by atoms with Crippen molar-refractivity contribution < 1.29 is 15.0 Å². The third-order valence-electron chi connectivity index (χ3n) is 1.55. The Bertz CT molecular complexity index is 206. The topological polar surface area (TPSA) is 69.6 Å². The molecule has 0 aromatic rings. The van der Waals surface area contributed by atoms with Crippen molar-refractivity contribution in [3.8, 4) is 0 Å².